The molecule has 33 heavy (non-hydrogen) atoms. The zero-order valence-electron chi connectivity index (χ0n) is 20.0. The van der Waals surface area contributed by atoms with Gasteiger partial charge in [0.05, 0.1) is 16.6 Å². The van der Waals surface area contributed by atoms with E-state index < -0.39 is 0 Å². The molecule has 0 bridgehead atoms. The molecule has 0 radical (unpaired) electrons. The number of rotatable bonds is 4. The summed E-state index contributed by atoms with van der Waals surface area (Å²) < 4.78 is 2.24. The third kappa shape index (κ3) is 3.65. The van der Waals surface area contributed by atoms with Gasteiger partial charge in [0.2, 0.25) is 0 Å². The Kier molecular flexibility index (Phi) is 5.55. The highest BCUT2D eigenvalue weighted by molar-refractivity contribution is 5.86. The molecule has 5 heteroatoms. The largest absolute Gasteiger partial charge is 0.355 e. The Hall–Kier alpha value is -3.36. The lowest BCUT2D eigenvalue weighted by atomic mass is 10.0. The van der Waals surface area contributed by atoms with Crippen LogP contribution in [0.4, 0.5) is 5.82 Å². The van der Waals surface area contributed by atoms with Crippen LogP contribution in [-0.4, -0.2) is 40.5 Å². The highest BCUT2D eigenvalue weighted by atomic mass is 15.3. The van der Waals surface area contributed by atoms with Crippen molar-refractivity contribution in [2.75, 3.05) is 31.1 Å². The van der Waals surface area contributed by atoms with Crippen LogP contribution in [0.15, 0.2) is 42.5 Å². The number of anilines is 1. The Balaban J connectivity index is 1.52. The van der Waals surface area contributed by atoms with Crippen LogP contribution in [0.1, 0.15) is 40.3 Å². The Bertz CT molecular complexity index is 1380. The molecule has 0 amide bonds. The first-order valence-electron chi connectivity index (χ1n) is 11.9. The fraction of sp³-hybridized carbons (Fsp3) is 0.357. The van der Waals surface area contributed by atoms with E-state index in [0.717, 1.165) is 61.4 Å². The van der Waals surface area contributed by atoms with Crippen LogP contribution >= 0.6 is 0 Å². The molecule has 5 rings (SSSR count). The fourth-order valence-electron chi connectivity index (χ4n) is 5.30. The van der Waals surface area contributed by atoms with Crippen molar-refractivity contribution >= 4 is 22.5 Å². The van der Waals surface area contributed by atoms with Crippen molar-refractivity contribution < 1.29 is 0 Å². The van der Waals surface area contributed by atoms with E-state index in [4.69, 9.17) is 4.98 Å². The molecule has 4 aromatic rings. The molecule has 3 heterocycles. The number of hydrogen-bond donors (Lipinski definition) is 0. The molecule has 0 aliphatic carbocycles. The van der Waals surface area contributed by atoms with Gasteiger partial charge < -0.3 is 4.90 Å². The minimum atomic E-state index is 0.695. The third-order valence-corrected chi connectivity index (χ3v) is 7.12. The topological polar surface area (TPSA) is 47.6 Å². The lowest BCUT2D eigenvalue weighted by Crippen LogP contribution is -2.47. The summed E-state index contributed by atoms with van der Waals surface area (Å²) in [6.07, 6.45) is 0.890. The predicted molar refractivity (Wildman–Crippen MR) is 135 cm³/mol. The smallest absolute Gasteiger partial charge is 0.157 e. The Morgan fingerprint density at radius 2 is 1.76 bits per heavy atom. The number of pyridine rings is 1. The maximum Gasteiger partial charge on any atom is 0.157 e. The second kappa shape index (κ2) is 8.53. The fourth-order valence-corrected chi connectivity index (χ4v) is 5.30. The summed E-state index contributed by atoms with van der Waals surface area (Å²) in [6.45, 7) is 13.6. The molecule has 1 saturated heterocycles. The van der Waals surface area contributed by atoms with Crippen LogP contribution in [0.3, 0.4) is 0 Å². The standard InChI is InChI=1S/C28H31N5/c1-5-23-21(4)24(17-29)27-30-25-8-6-7-9-26(25)33(27)28(23)32-14-12-31(13-15-32)18-22-11-10-19(2)16-20(22)3/h6-11,16H,5,12-15,18H2,1-4H3. The Morgan fingerprint density at radius 1 is 1.00 bits per heavy atom. The van der Waals surface area contributed by atoms with E-state index in [2.05, 4.69) is 78.3 Å². The second-order valence-corrected chi connectivity index (χ2v) is 9.22. The molecule has 0 saturated carbocycles. The molecule has 1 aliphatic rings. The lowest BCUT2D eigenvalue weighted by molar-refractivity contribution is 0.248. The number of piperazine rings is 1. The summed E-state index contributed by atoms with van der Waals surface area (Å²) in [5.41, 5.74) is 9.92. The molecule has 0 N–H and O–H groups in total. The second-order valence-electron chi connectivity index (χ2n) is 9.22. The van der Waals surface area contributed by atoms with Crippen LogP contribution in [0.5, 0.6) is 0 Å². The molecule has 2 aromatic heterocycles. The summed E-state index contributed by atoms with van der Waals surface area (Å²) in [5, 5.41) is 9.95. The Morgan fingerprint density at radius 3 is 2.45 bits per heavy atom. The first kappa shape index (κ1) is 21.5. The van der Waals surface area contributed by atoms with E-state index in [-0.39, 0.29) is 0 Å². The molecule has 0 atom stereocenters. The summed E-state index contributed by atoms with van der Waals surface area (Å²) in [6, 6.07) is 17.4. The average molecular weight is 438 g/mol. The molecule has 168 valence electrons. The van der Waals surface area contributed by atoms with Crippen molar-refractivity contribution in [3.63, 3.8) is 0 Å². The molecule has 0 spiro atoms. The molecule has 1 fully saturated rings. The number of hydrogen-bond acceptors (Lipinski definition) is 4. The van der Waals surface area contributed by atoms with E-state index in [9.17, 15) is 5.26 Å². The van der Waals surface area contributed by atoms with Crippen LogP contribution in [0.2, 0.25) is 0 Å². The zero-order chi connectivity index (χ0) is 23.1. The van der Waals surface area contributed by atoms with Crippen LogP contribution in [0.25, 0.3) is 16.7 Å². The summed E-state index contributed by atoms with van der Waals surface area (Å²) in [7, 11) is 0. The summed E-state index contributed by atoms with van der Waals surface area (Å²) >= 11 is 0. The van der Waals surface area contributed by atoms with Crippen molar-refractivity contribution in [3.8, 4) is 6.07 Å². The number of nitriles is 1. The van der Waals surface area contributed by atoms with Crippen LogP contribution in [-0.2, 0) is 13.0 Å². The summed E-state index contributed by atoms with van der Waals surface area (Å²) in [5.74, 6) is 1.21. The lowest BCUT2D eigenvalue weighted by Gasteiger charge is -2.38. The SMILES string of the molecule is CCc1c(C)c(C#N)c2nc3ccccc3n2c1N1CCN(Cc2ccc(C)cc2C)CC1. The number of fused-ring (bicyclic) bond motifs is 3. The highest BCUT2D eigenvalue weighted by Gasteiger charge is 2.26. The van der Waals surface area contributed by atoms with Gasteiger partial charge in [-0.25, -0.2) is 4.98 Å². The van der Waals surface area contributed by atoms with Gasteiger partial charge in [0.15, 0.2) is 5.65 Å². The minimum Gasteiger partial charge on any atom is -0.355 e. The minimum absolute atomic E-state index is 0.695. The van der Waals surface area contributed by atoms with Gasteiger partial charge in [-0.15, -0.1) is 0 Å². The van der Waals surface area contributed by atoms with Gasteiger partial charge >= 0.3 is 0 Å². The normalized spacial score (nSPS) is 14.8. The van der Waals surface area contributed by atoms with Gasteiger partial charge in [0.25, 0.3) is 0 Å². The molecular weight excluding hydrogens is 406 g/mol. The maximum absolute atomic E-state index is 9.95. The van der Waals surface area contributed by atoms with Crippen molar-refractivity contribution in [3.05, 3.63) is 75.8 Å². The van der Waals surface area contributed by atoms with Gasteiger partial charge in [-0.2, -0.15) is 5.26 Å². The highest BCUT2D eigenvalue weighted by Crippen LogP contribution is 2.34. The first-order valence-corrected chi connectivity index (χ1v) is 11.9. The van der Waals surface area contributed by atoms with Gasteiger partial charge in [0, 0.05) is 32.7 Å². The van der Waals surface area contributed by atoms with Crippen LogP contribution in [0, 0.1) is 32.1 Å². The van der Waals surface area contributed by atoms with Gasteiger partial charge in [-0.05, 0) is 61.6 Å². The average Bonchev–Trinajstić information content (AvgIpc) is 3.19. The Labute approximate surface area is 195 Å². The molecular formula is C28H31N5. The van der Waals surface area contributed by atoms with Crippen molar-refractivity contribution in [2.45, 2.75) is 40.7 Å². The van der Waals surface area contributed by atoms with Gasteiger partial charge in [0.1, 0.15) is 11.9 Å². The summed E-state index contributed by atoms with van der Waals surface area (Å²) in [4.78, 5) is 9.93. The third-order valence-electron chi connectivity index (χ3n) is 7.12. The number of para-hydroxylation sites is 2. The van der Waals surface area contributed by atoms with E-state index >= 15 is 0 Å². The van der Waals surface area contributed by atoms with Crippen molar-refractivity contribution in [2.24, 2.45) is 0 Å². The number of imidazole rings is 1. The van der Waals surface area contributed by atoms with Crippen molar-refractivity contribution in [1.82, 2.24) is 14.3 Å². The first-order chi connectivity index (χ1) is 16.0. The monoisotopic (exact) mass is 437 g/mol. The quantitative estimate of drug-likeness (QED) is 0.442. The zero-order valence-corrected chi connectivity index (χ0v) is 20.0. The molecule has 1 aliphatic heterocycles. The van der Waals surface area contributed by atoms with Gasteiger partial charge in [-0.1, -0.05) is 42.8 Å². The van der Waals surface area contributed by atoms with Crippen LogP contribution < -0.4 is 4.90 Å². The maximum atomic E-state index is 9.95. The molecule has 2 aromatic carbocycles. The van der Waals surface area contributed by atoms with Crippen molar-refractivity contribution in [1.29, 1.82) is 5.26 Å². The van der Waals surface area contributed by atoms with E-state index in [1.54, 1.807) is 0 Å². The predicted octanol–water partition coefficient (Wildman–Crippen LogP) is 5.17. The van der Waals surface area contributed by atoms with E-state index in [0.29, 0.717) is 5.56 Å². The van der Waals surface area contributed by atoms with E-state index in [1.807, 2.05) is 12.1 Å². The number of aryl methyl sites for hydroxylation is 2. The van der Waals surface area contributed by atoms with E-state index in [1.165, 1.54) is 28.1 Å². The van der Waals surface area contributed by atoms with Gasteiger partial charge in [-0.3, -0.25) is 9.30 Å². The number of nitrogens with zero attached hydrogens (tertiary/aromatic N) is 5. The molecule has 0 unspecified atom stereocenters. The molecule has 5 nitrogen and oxygen atoms in total. The number of aromatic nitrogens is 2. The number of benzene rings is 2.